The Morgan fingerprint density at radius 1 is 1.29 bits per heavy atom. The lowest BCUT2D eigenvalue weighted by molar-refractivity contribution is -0.115. The van der Waals surface area contributed by atoms with Crippen LogP contribution >= 0.6 is 11.8 Å². The van der Waals surface area contributed by atoms with Crippen molar-refractivity contribution >= 4 is 40.8 Å². The first kappa shape index (κ1) is 24.8. The van der Waals surface area contributed by atoms with Gasteiger partial charge in [-0.25, -0.2) is 4.79 Å². The maximum absolute atomic E-state index is 12.2. The predicted octanol–water partition coefficient (Wildman–Crippen LogP) is 4.84. The number of hydrogen-bond donors (Lipinski definition) is 2. The molecular formula is C23H33N3O4S. The minimum atomic E-state index is -0.537. The van der Waals surface area contributed by atoms with Crippen molar-refractivity contribution in [1.29, 1.82) is 0 Å². The van der Waals surface area contributed by atoms with E-state index in [9.17, 15) is 14.4 Å². The van der Waals surface area contributed by atoms with E-state index in [1.54, 1.807) is 6.08 Å². The number of amides is 3. The highest BCUT2D eigenvalue weighted by Gasteiger charge is 2.28. The maximum atomic E-state index is 12.2. The largest absolute Gasteiger partial charge is 0.444 e. The number of rotatable bonds is 3. The van der Waals surface area contributed by atoms with Crippen LogP contribution in [0.5, 0.6) is 0 Å². The van der Waals surface area contributed by atoms with Gasteiger partial charge in [-0.15, -0.1) is 0 Å². The molecule has 0 radical (unpaired) electrons. The first-order valence-corrected chi connectivity index (χ1v) is 11.5. The number of carbonyl (C=O) groups excluding carboxylic acids is 3. The molecule has 1 aromatic carbocycles. The number of ether oxygens (including phenoxy) is 1. The molecule has 2 fully saturated rings. The molecule has 0 spiro atoms. The summed E-state index contributed by atoms with van der Waals surface area (Å²) in [6.07, 6.45) is 3.16. The zero-order chi connectivity index (χ0) is 23.2. The molecule has 2 heterocycles. The van der Waals surface area contributed by atoms with Crippen LogP contribution in [0, 0.1) is 6.92 Å². The topological polar surface area (TPSA) is 87.7 Å². The van der Waals surface area contributed by atoms with E-state index in [0.29, 0.717) is 11.4 Å². The second-order valence-electron chi connectivity index (χ2n) is 8.30. The van der Waals surface area contributed by atoms with Gasteiger partial charge in [0.15, 0.2) is 0 Å². The molecule has 3 amide bonds. The molecule has 2 N–H and O–H groups in total. The summed E-state index contributed by atoms with van der Waals surface area (Å²) in [5.41, 5.74) is 2.44. The number of benzene rings is 1. The third-order valence-corrected chi connectivity index (χ3v) is 5.47. The van der Waals surface area contributed by atoms with Gasteiger partial charge < -0.3 is 15.0 Å². The number of nitrogens with zero attached hydrogens (tertiary/aromatic N) is 1. The number of piperidine rings is 1. The summed E-state index contributed by atoms with van der Waals surface area (Å²) in [7, 11) is 0. The van der Waals surface area contributed by atoms with Crippen LogP contribution in [-0.4, -0.2) is 42.0 Å². The average molecular weight is 448 g/mol. The van der Waals surface area contributed by atoms with Crippen molar-refractivity contribution in [3.05, 3.63) is 34.2 Å². The molecule has 3 rings (SSSR count). The molecule has 2 saturated heterocycles. The van der Waals surface area contributed by atoms with E-state index >= 15 is 0 Å². The van der Waals surface area contributed by atoms with Gasteiger partial charge in [-0.2, -0.15) is 0 Å². The van der Waals surface area contributed by atoms with Gasteiger partial charge in [-0.3, -0.25) is 14.9 Å². The summed E-state index contributed by atoms with van der Waals surface area (Å²) in [5.74, 6) is -0.365. The summed E-state index contributed by atoms with van der Waals surface area (Å²) < 4.78 is 5.38. The number of hydrogen-bond acceptors (Lipinski definition) is 6. The lowest BCUT2D eigenvalue weighted by Gasteiger charge is -2.36. The second kappa shape index (κ2) is 10.7. The maximum Gasteiger partial charge on any atom is 0.407 e. The van der Waals surface area contributed by atoms with Crippen molar-refractivity contribution < 1.29 is 19.1 Å². The third kappa shape index (κ3) is 7.02. The summed E-state index contributed by atoms with van der Waals surface area (Å²) in [6, 6.07) is 5.88. The van der Waals surface area contributed by atoms with Gasteiger partial charge in [0.25, 0.3) is 11.1 Å². The first-order chi connectivity index (χ1) is 14.6. The van der Waals surface area contributed by atoms with Crippen molar-refractivity contribution in [2.24, 2.45) is 0 Å². The normalized spacial score (nSPS) is 20.1. The Hall–Kier alpha value is -2.48. The Kier molecular flexibility index (Phi) is 8.56. The molecule has 7 nitrogen and oxygen atoms in total. The highest BCUT2D eigenvalue weighted by molar-refractivity contribution is 8.18. The van der Waals surface area contributed by atoms with Crippen LogP contribution in [0.3, 0.4) is 0 Å². The smallest absolute Gasteiger partial charge is 0.407 e. The van der Waals surface area contributed by atoms with E-state index in [4.69, 9.17) is 4.74 Å². The molecule has 170 valence electrons. The number of para-hydroxylation sites is 1. The molecule has 31 heavy (non-hydrogen) atoms. The number of thioether (sulfide) groups is 1. The number of alkyl carbamates (subject to hydrolysis) is 1. The summed E-state index contributed by atoms with van der Waals surface area (Å²) in [6.45, 7) is 13.1. The number of carbonyl (C=O) groups is 3. The Labute approximate surface area is 189 Å². The van der Waals surface area contributed by atoms with Crippen LogP contribution in [0.1, 0.15) is 58.6 Å². The van der Waals surface area contributed by atoms with Gasteiger partial charge in [0.1, 0.15) is 5.60 Å². The highest BCUT2D eigenvalue weighted by atomic mass is 32.2. The molecule has 1 aromatic rings. The molecule has 8 heteroatoms. The molecule has 0 saturated carbocycles. The van der Waals surface area contributed by atoms with E-state index in [1.165, 1.54) is 0 Å². The standard InChI is InChI=1S/C21H27N3O4S.C2H6/c1-13-7-5-8-14(11-16-18(25)23-20(27)29-16)17(13)24-10-6-9-15(12-24)22-19(26)28-21(2,3)4;1-2/h5,7-8,11,15H,6,9-10,12H2,1-4H3,(H,22,26)(H,23,25,27);1-2H3/b16-11-;. The average Bonchev–Trinajstić information content (AvgIpc) is 2.99. The van der Waals surface area contributed by atoms with Crippen LogP contribution in [0.15, 0.2) is 23.1 Å². The third-order valence-electron chi connectivity index (χ3n) is 4.66. The monoisotopic (exact) mass is 447 g/mol. The fourth-order valence-corrected chi connectivity index (χ4v) is 4.24. The van der Waals surface area contributed by atoms with Crippen molar-refractivity contribution in [2.45, 2.75) is 66.0 Å². The van der Waals surface area contributed by atoms with E-state index in [1.807, 2.05) is 59.7 Å². The fraction of sp³-hybridized carbons (Fsp3) is 0.522. The quantitative estimate of drug-likeness (QED) is 0.645. The zero-order valence-electron chi connectivity index (χ0n) is 19.2. The predicted molar refractivity (Wildman–Crippen MR) is 126 cm³/mol. The van der Waals surface area contributed by atoms with Gasteiger partial charge in [0.2, 0.25) is 0 Å². The Morgan fingerprint density at radius 3 is 2.61 bits per heavy atom. The van der Waals surface area contributed by atoms with Crippen molar-refractivity contribution in [3.8, 4) is 0 Å². The Bertz CT molecular complexity index is 861. The first-order valence-electron chi connectivity index (χ1n) is 10.7. The van der Waals surface area contributed by atoms with Crippen LogP contribution in [0.4, 0.5) is 15.3 Å². The van der Waals surface area contributed by atoms with E-state index in [-0.39, 0.29) is 17.2 Å². The fourth-order valence-electron chi connectivity index (χ4n) is 3.56. The molecule has 0 aromatic heterocycles. The molecule has 1 atom stereocenters. The summed E-state index contributed by atoms with van der Waals surface area (Å²) >= 11 is 0.913. The second-order valence-corrected chi connectivity index (χ2v) is 9.31. The Morgan fingerprint density at radius 2 is 2.00 bits per heavy atom. The lowest BCUT2D eigenvalue weighted by Crippen LogP contribution is -2.49. The van der Waals surface area contributed by atoms with Gasteiger partial charge in [-0.1, -0.05) is 32.0 Å². The minimum absolute atomic E-state index is 0.0237. The molecule has 0 aliphatic carbocycles. The summed E-state index contributed by atoms with van der Waals surface area (Å²) in [5, 5.41) is 4.91. The number of nitrogens with one attached hydrogen (secondary N) is 2. The van der Waals surface area contributed by atoms with E-state index in [0.717, 1.165) is 48.0 Å². The molecular weight excluding hydrogens is 414 g/mol. The van der Waals surface area contributed by atoms with E-state index in [2.05, 4.69) is 15.5 Å². The van der Waals surface area contributed by atoms with Crippen molar-refractivity contribution in [1.82, 2.24) is 10.6 Å². The molecule has 0 bridgehead atoms. The van der Waals surface area contributed by atoms with Gasteiger partial charge >= 0.3 is 6.09 Å². The summed E-state index contributed by atoms with van der Waals surface area (Å²) in [4.78, 5) is 38.2. The highest BCUT2D eigenvalue weighted by Crippen LogP contribution is 2.33. The number of imide groups is 1. The van der Waals surface area contributed by atoms with Gasteiger partial charge in [-0.05, 0) is 69.5 Å². The zero-order valence-corrected chi connectivity index (χ0v) is 20.0. The van der Waals surface area contributed by atoms with Crippen molar-refractivity contribution in [2.75, 3.05) is 18.0 Å². The van der Waals surface area contributed by atoms with Crippen LogP contribution < -0.4 is 15.5 Å². The molecule has 2 aliphatic heterocycles. The van der Waals surface area contributed by atoms with Gasteiger partial charge in [0.05, 0.1) is 4.91 Å². The molecule has 2 aliphatic rings. The van der Waals surface area contributed by atoms with Crippen LogP contribution in [0.25, 0.3) is 6.08 Å². The number of aryl methyl sites for hydroxylation is 1. The molecule has 1 unspecified atom stereocenters. The van der Waals surface area contributed by atoms with Crippen molar-refractivity contribution in [3.63, 3.8) is 0 Å². The van der Waals surface area contributed by atoms with E-state index < -0.39 is 11.7 Å². The Balaban J connectivity index is 0.00000166. The minimum Gasteiger partial charge on any atom is -0.444 e. The van der Waals surface area contributed by atoms with Crippen LogP contribution in [-0.2, 0) is 9.53 Å². The van der Waals surface area contributed by atoms with Crippen LogP contribution in [0.2, 0.25) is 0 Å². The lowest BCUT2D eigenvalue weighted by atomic mass is 10.0. The van der Waals surface area contributed by atoms with Gasteiger partial charge in [0, 0.05) is 24.8 Å². The SMILES string of the molecule is CC.Cc1cccc(/C=C2\SC(=O)NC2=O)c1N1CCCC(NC(=O)OC(C)(C)C)C1. The number of anilines is 1.